The van der Waals surface area contributed by atoms with E-state index in [1.807, 2.05) is 12.1 Å². The third-order valence-corrected chi connectivity index (χ3v) is 4.20. The summed E-state index contributed by atoms with van der Waals surface area (Å²) < 4.78 is 5.69. The van der Waals surface area contributed by atoms with Gasteiger partial charge in [0.1, 0.15) is 0 Å². The van der Waals surface area contributed by atoms with Gasteiger partial charge in [-0.05, 0) is 30.5 Å². The average molecular weight is 275 g/mol. The fraction of sp³-hybridized carbons (Fsp3) is 0.533. The quantitative estimate of drug-likeness (QED) is 0.734. The molecule has 4 N–H and O–H groups in total. The van der Waals surface area contributed by atoms with E-state index in [-0.39, 0.29) is 5.91 Å². The summed E-state index contributed by atoms with van der Waals surface area (Å²) in [6.45, 7) is 3.86. The van der Waals surface area contributed by atoms with Crippen LogP contribution in [0.5, 0.6) is 0 Å². The van der Waals surface area contributed by atoms with E-state index in [2.05, 4.69) is 17.6 Å². The van der Waals surface area contributed by atoms with Crippen LogP contribution in [-0.2, 0) is 16.0 Å². The highest BCUT2D eigenvalue weighted by molar-refractivity contribution is 6.00. The SMILES string of the molecule is CCC1OCCC1CNc1cc2c(cc1N)CC(=O)N2. The van der Waals surface area contributed by atoms with Crippen LogP contribution >= 0.6 is 0 Å². The molecule has 108 valence electrons. The highest BCUT2D eigenvalue weighted by Crippen LogP contribution is 2.32. The van der Waals surface area contributed by atoms with Crippen molar-refractivity contribution in [2.24, 2.45) is 5.92 Å². The second-order valence-corrected chi connectivity index (χ2v) is 5.57. The van der Waals surface area contributed by atoms with Crippen molar-refractivity contribution in [3.8, 4) is 0 Å². The Balaban J connectivity index is 1.69. The molecule has 1 aromatic carbocycles. The van der Waals surface area contributed by atoms with Crippen molar-refractivity contribution in [2.45, 2.75) is 32.3 Å². The Bertz CT molecular complexity index is 530. The molecule has 1 fully saturated rings. The van der Waals surface area contributed by atoms with Crippen LogP contribution in [0.4, 0.5) is 17.1 Å². The smallest absolute Gasteiger partial charge is 0.228 e. The molecule has 0 aliphatic carbocycles. The molecular weight excluding hydrogens is 254 g/mol. The Labute approximate surface area is 118 Å². The Morgan fingerprint density at radius 2 is 2.35 bits per heavy atom. The van der Waals surface area contributed by atoms with Crippen LogP contribution in [0, 0.1) is 5.92 Å². The zero-order valence-electron chi connectivity index (χ0n) is 11.7. The van der Waals surface area contributed by atoms with E-state index in [0.717, 1.165) is 42.9 Å². The number of fused-ring (bicyclic) bond motifs is 1. The number of nitrogens with one attached hydrogen (secondary N) is 2. The van der Waals surface area contributed by atoms with E-state index in [1.54, 1.807) is 0 Å². The molecule has 2 unspecified atom stereocenters. The largest absolute Gasteiger partial charge is 0.397 e. The number of anilines is 3. The number of nitrogens with two attached hydrogens (primary N) is 1. The third kappa shape index (κ3) is 2.45. The first-order valence-corrected chi connectivity index (χ1v) is 7.25. The predicted octanol–water partition coefficient (Wildman–Crippen LogP) is 1.99. The van der Waals surface area contributed by atoms with Gasteiger partial charge in [0.2, 0.25) is 5.91 Å². The summed E-state index contributed by atoms with van der Waals surface area (Å²) in [5.41, 5.74) is 9.51. The number of benzene rings is 1. The monoisotopic (exact) mass is 275 g/mol. The molecule has 3 rings (SSSR count). The van der Waals surface area contributed by atoms with E-state index in [1.165, 1.54) is 0 Å². The van der Waals surface area contributed by atoms with Gasteiger partial charge in [-0.15, -0.1) is 0 Å². The van der Waals surface area contributed by atoms with Gasteiger partial charge in [-0.25, -0.2) is 0 Å². The lowest BCUT2D eigenvalue weighted by Crippen LogP contribution is -2.23. The molecule has 0 radical (unpaired) electrons. The van der Waals surface area contributed by atoms with Crippen LogP contribution < -0.4 is 16.4 Å². The van der Waals surface area contributed by atoms with Crippen LogP contribution in [0.1, 0.15) is 25.3 Å². The summed E-state index contributed by atoms with van der Waals surface area (Å²) in [5.74, 6) is 0.564. The summed E-state index contributed by atoms with van der Waals surface area (Å²) in [5, 5.41) is 6.26. The molecule has 5 nitrogen and oxygen atoms in total. The standard InChI is InChI=1S/C15H21N3O2/c1-2-14-9(3-4-20-14)8-17-13-7-12-10(5-11(13)16)6-15(19)18-12/h5,7,9,14,17H,2-4,6,8,16H2,1H3,(H,18,19). The van der Waals surface area contributed by atoms with Gasteiger partial charge in [0.15, 0.2) is 0 Å². The van der Waals surface area contributed by atoms with Gasteiger partial charge < -0.3 is 21.1 Å². The van der Waals surface area contributed by atoms with Crippen molar-refractivity contribution in [3.63, 3.8) is 0 Å². The molecule has 0 saturated carbocycles. The molecule has 1 saturated heterocycles. The van der Waals surface area contributed by atoms with Crippen molar-refractivity contribution >= 4 is 23.0 Å². The summed E-state index contributed by atoms with van der Waals surface area (Å²) in [7, 11) is 0. The molecule has 0 aromatic heterocycles. The number of carbonyl (C=O) groups excluding carboxylic acids is 1. The number of rotatable bonds is 4. The topological polar surface area (TPSA) is 76.4 Å². The Morgan fingerprint density at radius 3 is 3.15 bits per heavy atom. The summed E-state index contributed by atoms with van der Waals surface area (Å²) in [6.07, 6.45) is 2.90. The molecule has 2 aliphatic rings. The number of hydrogen-bond donors (Lipinski definition) is 3. The minimum atomic E-state index is 0.0341. The highest BCUT2D eigenvalue weighted by Gasteiger charge is 2.26. The van der Waals surface area contributed by atoms with Gasteiger partial charge in [-0.1, -0.05) is 6.92 Å². The van der Waals surface area contributed by atoms with E-state index in [9.17, 15) is 4.79 Å². The zero-order valence-corrected chi connectivity index (χ0v) is 11.7. The number of amides is 1. The fourth-order valence-corrected chi connectivity index (χ4v) is 3.07. The molecular formula is C15H21N3O2. The molecule has 1 aromatic rings. The predicted molar refractivity (Wildman–Crippen MR) is 79.8 cm³/mol. The van der Waals surface area contributed by atoms with E-state index in [4.69, 9.17) is 10.5 Å². The molecule has 2 atom stereocenters. The maximum Gasteiger partial charge on any atom is 0.228 e. The molecule has 1 amide bonds. The van der Waals surface area contributed by atoms with Gasteiger partial charge in [-0.2, -0.15) is 0 Å². The zero-order chi connectivity index (χ0) is 14.1. The van der Waals surface area contributed by atoms with E-state index in [0.29, 0.717) is 24.1 Å². The number of hydrogen-bond acceptors (Lipinski definition) is 4. The highest BCUT2D eigenvalue weighted by atomic mass is 16.5. The lowest BCUT2D eigenvalue weighted by molar-refractivity contribution is -0.115. The second-order valence-electron chi connectivity index (χ2n) is 5.57. The van der Waals surface area contributed by atoms with Crippen LogP contribution in [0.15, 0.2) is 12.1 Å². The Hall–Kier alpha value is -1.75. The summed E-state index contributed by atoms with van der Waals surface area (Å²) in [4.78, 5) is 11.4. The van der Waals surface area contributed by atoms with Crippen molar-refractivity contribution in [2.75, 3.05) is 29.5 Å². The molecule has 5 heteroatoms. The Morgan fingerprint density at radius 1 is 1.50 bits per heavy atom. The molecule has 2 heterocycles. The fourth-order valence-electron chi connectivity index (χ4n) is 3.07. The van der Waals surface area contributed by atoms with Crippen molar-refractivity contribution in [1.82, 2.24) is 0 Å². The number of carbonyl (C=O) groups is 1. The minimum Gasteiger partial charge on any atom is -0.397 e. The first-order valence-electron chi connectivity index (χ1n) is 7.25. The average Bonchev–Trinajstić information content (AvgIpc) is 3.00. The van der Waals surface area contributed by atoms with Gasteiger partial charge in [0.05, 0.1) is 23.9 Å². The first kappa shape index (κ1) is 13.2. The van der Waals surface area contributed by atoms with Crippen LogP contribution in [0.25, 0.3) is 0 Å². The lowest BCUT2D eigenvalue weighted by Gasteiger charge is -2.19. The normalized spacial score (nSPS) is 24.6. The minimum absolute atomic E-state index is 0.0341. The van der Waals surface area contributed by atoms with Gasteiger partial charge in [0, 0.05) is 24.8 Å². The van der Waals surface area contributed by atoms with Crippen molar-refractivity contribution in [1.29, 1.82) is 0 Å². The van der Waals surface area contributed by atoms with Gasteiger partial charge in [0.25, 0.3) is 0 Å². The third-order valence-electron chi connectivity index (χ3n) is 4.20. The maximum atomic E-state index is 11.4. The molecule has 0 spiro atoms. The second kappa shape index (κ2) is 5.32. The van der Waals surface area contributed by atoms with E-state index >= 15 is 0 Å². The number of nitrogen functional groups attached to an aromatic ring is 1. The lowest BCUT2D eigenvalue weighted by atomic mass is 9.99. The number of ether oxygens (including phenoxy) is 1. The van der Waals surface area contributed by atoms with Crippen LogP contribution in [0.2, 0.25) is 0 Å². The summed E-state index contributed by atoms with van der Waals surface area (Å²) in [6, 6.07) is 3.82. The van der Waals surface area contributed by atoms with Crippen molar-refractivity contribution in [3.05, 3.63) is 17.7 Å². The maximum absolute atomic E-state index is 11.4. The molecule has 2 aliphatic heterocycles. The van der Waals surface area contributed by atoms with Crippen molar-refractivity contribution < 1.29 is 9.53 Å². The van der Waals surface area contributed by atoms with Crippen LogP contribution in [-0.4, -0.2) is 25.2 Å². The Kier molecular flexibility index (Phi) is 3.53. The molecule has 20 heavy (non-hydrogen) atoms. The summed E-state index contributed by atoms with van der Waals surface area (Å²) >= 11 is 0. The van der Waals surface area contributed by atoms with Gasteiger partial charge in [-0.3, -0.25) is 4.79 Å². The van der Waals surface area contributed by atoms with Crippen LogP contribution in [0.3, 0.4) is 0 Å². The first-order chi connectivity index (χ1) is 9.67. The van der Waals surface area contributed by atoms with Gasteiger partial charge >= 0.3 is 0 Å². The van der Waals surface area contributed by atoms with E-state index < -0.39 is 0 Å². The molecule has 0 bridgehead atoms.